The minimum Gasteiger partial charge on any atom is -0.378 e. The van der Waals surface area contributed by atoms with Gasteiger partial charge >= 0.3 is 0 Å². The van der Waals surface area contributed by atoms with Gasteiger partial charge in [-0.3, -0.25) is 9.10 Å². The van der Waals surface area contributed by atoms with Crippen LogP contribution in [0.25, 0.3) is 0 Å². The molecule has 0 spiro atoms. The molecule has 0 bridgehead atoms. The highest BCUT2D eigenvalue weighted by Gasteiger charge is 2.26. The molecule has 0 unspecified atom stereocenters. The molecule has 1 aromatic carbocycles. The Morgan fingerprint density at radius 1 is 1.21 bits per heavy atom. The lowest BCUT2D eigenvalue weighted by atomic mass is 10.2. The topological polar surface area (TPSA) is 66.9 Å². The summed E-state index contributed by atoms with van der Waals surface area (Å²) in [4.78, 5) is 13.6. The van der Waals surface area contributed by atoms with Crippen molar-refractivity contribution in [3.05, 3.63) is 29.6 Å². The summed E-state index contributed by atoms with van der Waals surface area (Å²) in [6.07, 6.45) is 0.582. The average Bonchev–Trinajstić information content (AvgIpc) is 2.54. The van der Waals surface area contributed by atoms with Crippen molar-refractivity contribution in [2.24, 2.45) is 0 Å². The van der Waals surface area contributed by atoms with Crippen LogP contribution in [-0.2, 0) is 19.6 Å². The van der Waals surface area contributed by atoms with Gasteiger partial charge in [-0.1, -0.05) is 0 Å². The monoisotopic (exact) mass is 366 g/mol. The third-order valence-electron chi connectivity index (χ3n) is 3.58. The number of anilines is 1. The molecule has 2 rings (SSSR count). The molecule has 0 aromatic heterocycles. The van der Waals surface area contributed by atoms with E-state index >= 15 is 0 Å². The van der Waals surface area contributed by atoms with Crippen molar-refractivity contribution >= 4 is 21.6 Å². The van der Waals surface area contributed by atoms with Gasteiger partial charge in [-0.15, -0.1) is 0 Å². The van der Waals surface area contributed by atoms with Crippen molar-refractivity contribution in [3.8, 4) is 0 Å². The molecule has 6 nitrogen and oxygen atoms in total. The van der Waals surface area contributed by atoms with E-state index in [0.717, 1.165) is 12.3 Å². The number of carbonyl (C=O) groups excluding carboxylic acids is 1. The predicted octanol–water partition coefficient (Wildman–Crippen LogP) is 1.12. The van der Waals surface area contributed by atoms with E-state index in [1.54, 1.807) is 0 Å². The van der Waals surface area contributed by atoms with E-state index in [1.165, 1.54) is 4.90 Å². The Kier molecular flexibility index (Phi) is 5.70. The minimum atomic E-state index is -3.99. The quantitative estimate of drug-likeness (QED) is 0.733. The molecule has 1 amide bonds. The van der Waals surface area contributed by atoms with Crippen LogP contribution < -0.4 is 4.31 Å². The zero-order valence-electron chi connectivity index (χ0n) is 13.0. The molecule has 24 heavy (non-hydrogen) atoms. The number of halogens is 3. The van der Waals surface area contributed by atoms with Crippen LogP contribution in [0.2, 0.25) is 0 Å². The standard InChI is InChI=1S/C14H17F3N2O4S/c1-24(21,22)19(11-3-2-10(15)13(16)14(11)17)5-4-12(20)18-6-8-23-9-7-18/h2-3H,4-9H2,1H3. The maximum atomic E-state index is 13.9. The second kappa shape index (κ2) is 7.39. The molecule has 1 aliphatic heterocycles. The Hall–Kier alpha value is -1.81. The number of sulfonamides is 1. The average molecular weight is 366 g/mol. The third-order valence-corrected chi connectivity index (χ3v) is 4.76. The first-order chi connectivity index (χ1) is 11.2. The van der Waals surface area contributed by atoms with Crippen molar-refractivity contribution in [2.75, 3.05) is 43.4 Å². The lowest BCUT2D eigenvalue weighted by Gasteiger charge is -2.28. The van der Waals surface area contributed by atoms with Crippen molar-refractivity contribution in [1.82, 2.24) is 4.90 Å². The maximum Gasteiger partial charge on any atom is 0.232 e. The van der Waals surface area contributed by atoms with Crippen molar-refractivity contribution in [1.29, 1.82) is 0 Å². The highest BCUT2D eigenvalue weighted by Crippen LogP contribution is 2.25. The SMILES string of the molecule is CS(=O)(=O)N(CCC(=O)N1CCOCC1)c1ccc(F)c(F)c1F. The Morgan fingerprint density at radius 2 is 1.83 bits per heavy atom. The fourth-order valence-electron chi connectivity index (χ4n) is 2.34. The second-order valence-corrected chi connectivity index (χ2v) is 7.18. The van der Waals surface area contributed by atoms with E-state index in [9.17, 15) is 26.4 Å². The number of morpholine rings is 1. The summed E-state index contributed by atoms with van der Waals surface area (Å²) in [6, 6.07) is 1.46. The van der Waals surface area contributed by atoms with Gasteiger partial charge in [0, 0.05) is 26.1 Å². The summed E-state index contributed by atoms with van der Waals surface area (Å²) >= 11 is 0. The van der Waals surface area contributed by atoms with E-state index in [-0.39, 0.29) is 18.9 Å². The Labute approximate surface area is 137 Å². The van der Waals surface area contributed by atoms with Crippen molar-refractivity contribution < 1.29 is 31.1 Å². The van der Waals surface area contributed by atoms with Crippen LogP contribution in [0.4, 0.5) is 18.9 Å². The molecular formula is C14H17F3N2O4S. The maximum absolute atomic E-state index is 13.9. The first kappa shape index (κ1) is 18.5. The molecule has 0 saturated carbocycles. The summed E-state index contributed by atoms with van der Waals surface area (Å²) in [5.41, 5.74) is -0.633. The number of ether oxygens (including phenoxy) is 1. The molecule has 0 radical (unpaired) electrons. The van der Waals surface area contributed by atoms with Crippen LogP contribution >= 0.6 is 0 Å². The van der Waals surface area contributed by atoms with E-state index in [1.807, 2.05) is 0 Å². The van der Waals surface area contributed by atoms with Crippen LogP contribution in [0, 0.1) is 17.5 Å². The summed E-state index contributed by atoms with van der Waals surface area (Å²) in [5, 5.41) is 0. The summed E-state index contributed by atoms with van der Waals surface area (Å²) in [5.74, 6) is -5.12. The van der Waals surface area contributed by atoms with Crippen LogP contribution in [0.15, 0.2) is 12.1 Å². The predicted molar refractivity (Wildman–Crippen MR) is 80.5 cm³/mol. The van der Waals surface area contributed by atoms with Gasteiger partial charge < -0.3 is 9.64 Å². The number of nitrogens with zero attached hydrogens (tertiary/aromatic N) is 2. The molecular weight excluding hydrogens is 349 g/mol. The number of amides is 1. The molecule has 1 heterocycles. The molecule has 1 fully saturated rings. The Balaban J connectivity index is 2.18. The highest BCUT2D eigenvalue weighted by atomic mass is 32.2. The summed E-state index contributed by atoms with van der Waals surface area (Å²) < 4.78 is 69.7. The lowest BCUT2D eigenvalue weighted by Crippen LogP contribution is -2.42. The van der Waals surface area contributed by atoms with Crippen molar-refractivity contribution in [3.63, 3.8) is 0 Å². The van der Waals surface area contributed by atoms with Gasteiger partial charge in [0.1, 0.15) is 0 Å². The molecule has 134 valence electrons. The zero-order chi connectivity index (χ0) is 17.9. The Morgan fingerprint density at radius 3 is 2.42 bits per heavy atom. The van der Waals surface area contributed by atoms with Crippen LogP contribution in [-0.4, -0.2) is 58.3 Å². The molecule has 1 aromatic rings. The molecule has 0 aliphatic carbocycles. The van der Waals surface area contributed by atoms with Gasteiger partial charge in [-0.05, 0) is 12.1 Å². The number of benzene rings is 1. The van der Waals surface area contributed by atoms with Crippen LogP contribution in [0.3, 0.4) is 0 Å². The van der Waals surface area contributed by atoms with Gasteiger partial charge in [0.2, 0.25) is 15.9 Å². The van der Waals surface area contributed by atoms with E-state index < -0.39 is 33.2 Å². The minimum absolute atomic E-state index is 0.217. The van der Waals surface area contributed by atoms with E-state index in [2.05, 4.69) is 0 Å². The molecule has 0 N–H and O–H groups in total. The fraction of sp³-hybridized carbons (Fsp3) is 0.500. The third kappa shape index (κ3) is 4.18. The van der Waals surface area contributed by atoms with Gasteiger partial charge in [-0.25, -0.2) is 21.6 Å². The van der Waals surface area contributed by atoms with E-state index in [0.29, 0.717) is 36.7 Å². The first-order valence-corrected chi connectivity index (χ1v) is 9.03. The number of hydrogen-bond acceptors (Lipinski definition) is 4. The lowest BCUT2D eigenvalue weighted by molar-refractivity contribution is -0.135. The first-order valence-electron chi connectivity index (χ1n) is 7.18. The fourth-order valence-corrected chi connectivity index (χ4v) is 3.26. The van der Waals surface area contributed by atoms with Gasteiger partial charge in [0.05, 0.1) is 25.2 Å². The van der Waals surface area contributed by atoms with Crippen LogP contribution in [0.1, 0.15) is 6.42 Å². The van der Waals surface area contributed by atoms with Gasteiger partial charge in [-0.2, -0.15) is 0 Å². The largest absolute Gasteiger partial charge is 0.378 e. The highest BCUT2D eigenvalue weighted by molar-refractivity contribution is 7.92. The molecule has 0 atom stereocenters. The Bertz CT molecular complexity index is 721. The normalized spacial score (nSPS) is 15.4. The second-order valence-electron chi connectivity index (χ2n) is 5.27. The summed E-state index contributed by atoms with van der Waals surface area (Å²) in [6.45, 7) is 1.17. The molecule has 1 saturated heterocycles. The summed E-state index contributed by atoms with van der Waals surface area (Å²) in [7, 11) is -3.99. The van der Waals surface area contributed by atoms with Crippen molar-refractivity contribution in [2.45, 2.75) is 6.42 Å². The van der Waals surface area contributed by atoms with Gasteiger partial charge in [0.25, 0.3) is 0 Å². The zero-order valence-corrected chi connectivity index (χ0v) is 13.8. The number of hydrogen-bond donors (Lipinski definition) is 0. The smallest absolute Gasteiger partial charge is 0.232 e. The number of rotatable bonds is 5. The molecule has 10 heteroatoms. The number of carbonyl (C=O) groups is 1. The van der Waals surface area contributed by atoms with Gasteiger partial charge in [0.15, 0.2) is 17.5 Å². The van der Waals surface area contributed by atoms with E-state index in [4.69, 9.17) is 4.74 Å². The molecule has 1 aliphatic rings. The van der Waals surface area contributed by atoms with Crippen LogP contribution in [0.5, 0.6) is 0 Å².